The fourth-order valence-electron chi connectivity index (χ4n) is 4.26. The minimum absolute atomic E-state index is 0.0439. The number of benzene rings is 3. The molecular formula is C27H27N3O3S. The molecule has 2 amide bonds. The van der Waals surface area contributed by atoms with Crippen LogP contribution in [0.3, 0.4) is 0 Å². The average Bonchev–Trinajstić information content (AvgIpc) is 3.25. The van der Waals surface area contributed by atoms with Crippen LogP contribution in [0.15, 0.2) is 78.9 Å². The summed E-state index contributed by atoms with van der Waals surface area (Å²) in [6.45, 7) is 3.83. The van der Waals surface area contributed by atoms with Gasteiger partial charge in [0.05, 0.1) is 19.0 Å². The number of carbonyl (C=O) groups excluding carboxylic acids is 2. The van der Waals surface area contributed by atoms with E-state index >= 15 is 0 Å². The standard InChI is InChI=1S/C27H27N3O3S/c31-25-19-34-27(30(25)18-20-4-2-1-3-5-20)22-8-6-21(7-9-22)26(32)28-23-10-12-24(13-11-23)29-14-16-33-17-15-29/h1-13,27H,14-19H2,(H,28,32). The molecule has 34 heavy (non-hydrogen) atoms. The normalized spacial score (nSPS) is 18.2. The van der Waals surface area contributed by atoms with Gasteiger partial charge >= 0.3 is 0 Å². The third kappa shape index (κ3) is 5.11. The van der Waals surface area contributed by atoms with E-state index in [4.69, 9.17) is 4.74 Å². The summed E-state index contributed by atoms with van der Waals surface area (Å²) >= 11 is 1.62. The summed E-state index contributed by atoms with van der Waals surface area (Å²) in [4.78, 5) is 29.5. The van der Waals surface area contributed by atoms with Gasteiger partial charge in [0.1, 0.15) is 5.37 Å². The Balaban J connectivity index is 1.23. The summed E-state index contributed by atoms with van der Waals surface area (Å²) in [5.74, 6) is 0.461. The van der Waals surface area contributed by atoms with Gasteiger partial charge < -0.3 is 19.9 Å². The molecule has 0 aliphatic carbocycles. The molecule has 0 bridgehead atoms. The van der Waals surface area contributed by atoms with Crippen molar-refractivity contribution < 1.29 is 14.3 Å². The Morgan fingerprint density at radius 1 is 0.941 bits per heavy atom. The highest BCUT2D eigenvalue weighted by Crippen LogP contribution is 2.39. The van der Waals surface area contributed by atoms with Gasteiger partial charge in [-0.2, -0.15) is 0 Å². The molecular weight excluding hydrogens is 446 g/mol. The molecule has 6 nitrogen and oxygen atoms in total. The maximum Gasteiger partial charge on any atom is 0.255 e. The zero-order valence-corrected chi connectivity index (χ0v) is 19.7. The van der Waals surface area contributed by atoms with E-state index in [2.05, 4.69) is 10.2 Å². The Morgan fingerprint density at radius 2 is 1.65 bits per heavy atom. The third-order valence-corrected chi connectivity index (χ3v) is 7.38. The van der Waals surface area contributed by atoms with Crippen molar-refractivity contribution in [1.29, 1.82) is 0 Å². The first kappa shape index (κ1) is 22.5. The second-order valence-corrected chi connectivity index (χ2v) is 9.46. The summed E-state index contributed by atoms with van der Waals surface area (Å²) in [6, 6.07) is 25.5. The van der Waals surface area contributed by atoms with Crippen LogP contribution in [0.5, 0.6) is 0 Å². The van der Waals surface area contributed by atoms with E-state index in [1.165, 1.54) is 0 Å². The van der Waals surface area contributed by atoms with Crippen LogP contribution in [0.25, 0.3) is 0 Å². The van der Waals surface area contributed by atoms with Crippen LogP contribution >= 0.6 is 11.8 Å². The van der Waals surface area contributed by atoms with Crippen LogP contribution in [0.4, 0.5) is 11.4 Å². The molecule has 3 aromatic carbocycles. The maximum atomic E-state index is 12.8. The van der Waals surface area contributed by atoms with Crippen LogP contribution in [-0.2, 0) is 16.1 Å². The highest BCUT2D eigenvalue weighted by Gasteiger charge is 2.32. The summed E-state index contributed by atoms with van der Waals surface area (Å²) in [5.41, 5.74) is 4.62. The van der Waals surface area contributed by atoms with Gasteiger partial charge in [0.2, 0.25) is 5.91 Å². The van der Waals surface area contributed by atoms with Gasteiger partial charge in [-0.05, 0) is 47.5 Å². The van der Waals surface area contributed by atoms with E-state index in [-0.39, 0.29) is 17.2 Å². The predicted molar refractivity (Wildman–Crippen MR) is 136 cm³/mol. The lowest BCUT2D eigenvalue weighted by Gasteiger charge is -2.28. The highest BCUT2D eigenvalue weighted by atomic mass is 32.2. The molecule has 0 saturated carbocycles. The number of carbonyl (C=O) groups is 2. The molecule has 5 rings (SSSR count). The SMILES string of the molecule is O=C(Nc1ccc(N2CCOCC2)cc1)c1ccc(C2SCC(=O)N2Cc2ccccc2)cc1. The van der Waals surface area contributed by atoms with E-state index in [1.54, 1.807) is 11.8 Å². The minimum Gasteiger partial charge on any atom is -0.378 e. The smallest absolute Gasteiger partial charge is 0.255 e. The van der Waals surface area contributed by atoms with E-state index in [1.807, 2.05) is 83.8 Å². The first-order valence-corrected chi connectivity index (χ1v) is 12.5. The second-order valence-electron chi connectivity index (χ2n) is 8.39. The van der Waals surface area contributed by atoms with Crippen LogP contribution in [0.2, 0.25) is 0 Å². The Hall–Kier alpha value is -3.29. The molecule has 1 N–H and O–H groups in total. The second kappa shape index (κ2) is 10.3. The van der Waals surface area contributed by atoms with Crippen molar-refractivity contribution in [1.82, 2.24) is 4.90 Å². The topological polar surface area (TPSA) is 61.9 Å². The molecule has 174 valence electrons. The van der Waals surface area contributed by atoms with E-state index in [0.717, 1.165) is 48.8 Å². The molecule has 2 saturated heterocycles. The summed E-state index contributed by atoms with van der Waals surface area (Å²) in [6.07, 6.45) is 0. The van der Waals surface area contributed by atoms with Crippen molar-refractivity contribution >= 4 is 35.0 Å². The molecule has 2 aliphatic heterocycles. The number of morpholine rings is 1. The molecule has 2 heterocycles. The molecule has 0 spiro atoms. The monoisotopic (exact) mass is 473 g/mol. The number of rotatable bonds is 6. The lowest BCUT2D eigenvalue weighted by atomic mass is 10.1. The highest BCUT2D eigenvalue weighted by molar-refractivity contribution is 8.00. The minimum atomic E-state index is -0.151. The van der Waals surface area contributed by atoms with Gasteiger partial charge in [-0.15, -0.1) is 11.8 Å². The number of nitrogens with one attached hydrogen (secondary N) is 1. The van der Waals surface area contributed by atoms with Gasteiger partial charge in [-0.1, -0.05) is 42.5 Å². The van der Waals surface area contributed by atoms with Crippen molar-refractivity contribution in [2.24, 2.45) is 0 Å². The molecule has 7 heteroatoms. The van der Waals surface area contributed by atoms with Gasteiger partial charge in [0, 0.05) is 36.6 Å². The lowest BCUT2D eigenvalue weighted by Crippen LogP contribution is -2.36. The molecule has 3 aromatic rings. The summed E-state index contributed by atoms with van der Waals surface area (Å²) in [7, 11) is 0. The fraction of sp³-hybridized carbons (Fsp3) is 0.259. The molecule has 1 unspecified atom stereocenters. The molecule has 2 aliphatic rings. The number of ether oxygens (including phenoxy) is 1. The van der Waals surface area contributed by atoms with Gasteiger partial charge in [0.15, 0.2) is 0 Å². The van der Waals surface area contributed by atoms with E-state index in [0.29, 0.717) is 17.9 Å². The summed E-state index contributed by atoms with van der Waals surface area (Å²) in [5, 5.41) is 2.93. The van der Waals surface area contributed by atoms with Crippen molar-refractivity contribution in [3.8, 4) is 0 Å². The number of amides is 2. The number of nitrogens with zero attached hydrogens (tertiary/aromatic N) is 2. The number of hydrogen-bond acceptors (Lipinski definition) is 5. The van der Waals surface area contributed by atoms with Crippen LogP contribution in [-0.4, -0.2) is 48.8 Å². The van der Waals surface area contributed by atoms with Gasteiger partial charge in [0.25, 0.3) is 5.91 Å². The van der Waals surface area contributed by atoms with E-state index < -0.39 is 0 Å². The third-order valence-electron chi connectivity index (χ3n) is 6.12. The van der Waals surface area contributed by atoms with Crippen molar-refractivity contribution in [2.45, 2.75) is 11.9 Å². The number of anilines is 2. The quantitative estimate of drug-likeness (QED) is 0.569. The zero-order valence-electron chi connectivity index (χ0n) is 18.9. The van der Waals surface area contributed by atoms with Crippen LogP contribution in [0.1, 0.15) is 26.9 Å². The average molecular weight is 474 g/mol. The Labute approximate surface area is 203 Å². The Morgan fingerprint density at radius 3 is 2.35 bits per heavy atom. The predicted octanol–water partition coefficient (Wildman–Crippen LogP) is 4.55. The van der Waals surface area contributed by atoms with Crippen LogP contribution in [0, 0.1) is 0 Å². The van der Waals surface area contributed by atoms with Crippen LogP contribution < -0.4 is 10.2 Å². The van der Waals surface area contributed by atoms with Crippen molar-refractivity contribution in [3.63, 3.8) is 0 Å². The molecule has 0 radical (unpaired) electrons. The van der Waals surface area contributed by atoms with Gasteiger partial charge in [-0.25, -0.2) is 0 Å². The largest absolute Gasteiger partial charge is 0.378 e. The molecule has 1 atom stereocenters. The first-order valence-electron chi connectivity index (χ1n) is 11.5. The maximum absolute atomic E-state index is 12.8. The Bertz CT molecular complexity index is 1130. The number of hydrogen-bond donors (Lipinski definition) is 1. The molecule has 0 aromatic heterocycles. The van der Waals surface area contributed by atoms with E-state index in [9.17, 15) is 9.59 Å². The number of thioether (sulfide) groups is 1. The fourth-order valence-corrected chi connectivity index (χ4v) is 5.45. The zero-order chi connectivity index (χ0) is 23.3. The van der Waals surface area contributed by atoms with Crippen molar-refractivity contribution in [2.75, 3.05) is 42.3 Å². The first-order chi connectivity index (χ1) is 16.7. The summed E-state index contributed by atoms with van der Waals surface area (Å²) < 4.78 is 5.41. The Kier molecular flexibility index (Phi) is 6.83. The lowest BCUT2D eigenvalue weighted by molar-refractivity contribution is -0.128. The van der Waals surface area contributed by atoms with Crippen molar-refractivity contribution in [3.05, 3.63) is 95.6 Å². The molecule has 2 fully saturated rings. The van der Waals surface area contributed by atoms with Gasteiger partial charge in [-0.3, -0.25) is 9.59 Å².